The molecule has 1 amide bonds. The number of anilines is 1. The predicted molar refractivity (Wildman–Crippen MR) is 126 cm³/mol. The minimum absolute atomic E-state index is 0.0440. The van der Waals surface area contributed by atoms with Gasteiger partial charge in [-0.1, -0.05) is 46.9 Å². The number of hydrazine groups is 1. The van der Waals surface area contributed by atoms with Crippen LogP contribution in [0, 0.1) is 5.95 Å². The number of benzene rings is 2. The largest absolute Gasteiger partial charge is 0.417 e. The normalized spacial score (nSPS) is 13.3. The summed E-state index contributed by atoms with van der Waals surface area (Å²) >= 11 is 17.3. The Balaban J connectivity index is 1.98. The van der Waals surface area contributed by atoms with E-state index in [1.807, 2.05) is 5.43 Å². The second-order valence-corrected chi connectivity index (χ2v) is 8.71. The lowest BCUT2D eigenvalue weighted by Crippen LogP contribution is -2.31. The zero-order valence-corrected chi connectivity index (χ0v) is 20.6. The van der Waals surface area contributed by atoms with Crippen LogP contribution in [0.2, 0.25) is 15.1 Å². The summed E-state index contributed by atoms with van der Waals surface area (Å²) in [5.41, 5.74) is -0.159. The molecule has 0 saturated heterocycles. The smallest absolute Gasteiger partial charge is 0.282 e. The van der Waals surface area contributed by atoms with Gasteiger partial charge in [0.15, 0.2) is 0 Å². The molecule has 3 rings (SSSR count). The van der Waals surface area contributed by atoms with Gasteiger partial charge in [0.05, 0.1) is 26.2 Å². The lowest BCUT2D eigenvalue weighted by atomic mass is 9.95. The van der Waals surface area contributed by atoms with E-state index in [2.05, 4.69) is 10.4 Å². The first kappa shape index (κ1) is 29.5. The van der Waals surface area contributed by atoms with E-state index in [1.54, 1.807) is 0 Å². The van der Waals surface area contributed by atoms with Crippen LogP contribution in [0.25, 0.3) is 5.83 Å². The van der Waals surface area contributed by atoms with Crippen molar-refractivity contribution in [2.24, 2.45) is 0 Å². The molecule has 202 valence electrons. The third-order valence-electron chi connectivity index (χ3n) is 4.90. The molecule has 1 atom stereocenters. The Hall–Kier alpha value is -3.09. The highest BCUT2D eigenvalue weighted by Gasteiger charge is 2.41. The Morgan fingerprint density at radius 1 is 0.947 bits per heavy atom. The van der Waals surface area contributed by atoms with Crippen LogP contribution in [0.5, 0.6) is 0 Å². The molecule has 38 heavy (non-hydrogen) atoms. The summed E-state index contributed by atoms with van der Waals surface area (Å²) in [6.07, 6.45) is -10.3. The van der Waals surface area contributed by atoms with E-state index in [0.717, 1.165) is 18.2 Å². The highest BCUT2D eigenvalue weighted by molar-refractivity contribution is 6.48. The van der Waals surface area contributed by atoms with Crippen LogP contribution < -0.4 is 10.9 Å². The molecule has 0 aliphatic carbocycles. The van der Waals surface area contributed by atoms with Crippen LogP contribution in [-0.4, -0.2) is 17.1 Å². The highest BCUT2D eigenvalue weighted by atomic mass is 35.5. The van der Waals surface area contributed by atoms with Crippen molar-refractivity contribution in [2.75, 3.05) is 5.43 Å². The van der Waals surface area contributed by atoms with E-state index in [0.29, 0.717) is 12.1 Å². The average Bonchev–Trinajstić information content (AvgIpc) is 2.82. The molecule has 1 unspecified atom stereocenters. The molecule has 0 aliphatic rings. The number of alkyl halides is 6. The molecule has 1 aromatic heterocycles. The van der Waals surface area contributed by atoms with Crippen molar-refractivity contribution in [1.82, 2.24) is 10.4 Å². The first-order valence-electron chi connectivity index (χ1n) is 10.1. The third kappa shape index (κ3) is 7.06. The average molecular weight is 605 g/mol. The number of halogens is 11. The van der Waals surface area contributed by atoms with Crippen LogP contribution in [0.4, 0.5) is 40.9 Å². The van der Waals surface area contributed by atoms with Gasteiger partial charge in [0.25, 0.3) is 5.91 Å². The molecule has 0 fully saturated rings. The van der Waals surface area contributed by atoms with Crippen LogP contribution >= 0.6 is 34.8 Å². The van der Waals surface area contributed by atoms with Crippen molar-refractivity contribution >= 4 is 52.4 Å². The summed E-state index contributed by atoms with van der Waals surface area (Å²) in [7, 11) is 0. The fraction of sp³-hybridized carbons (Fsp3) is 0.130. The van der Waals surface area contributed by atoms with Crippen LogP contribution in [0.3, 0.4) is 0 Å². The van der Waals surface area contributed by atoms with E-state index in [4.69, 9.17) is 34.8 Å². The van der Waals surface area contributed by atoms with Gasteiger partial charge in [-0.05, 0) is 48.0 Å². The Labute approximate surface area is 224 Å². The maximum absolute atomic E-state index is 14.9. The second-order valence-electron chi connectivity index (χ2n) is 7.52. The van der Waals surface area contributed by atoms with Gasteiger partial charge in [-0.15, -0.1) is 0 Å². The fourth-order valence-corrected chi connectivity index (χ4v) is 3.78. The summed E-state index contributed by atoms with van der Waals surface area (Å²) in [5.74, 6) is -6.87. The standard InChI is InChI=1S/C23H12Cl3F8N3O/c24-15-7-11(8-16(25)20(15)26)13(22(29,30)31)9-17(27)10-4-5-12(14(6-10)23(32,33)34)21(38)37-36-19-3-1-2-18(28)35-19/h1-9,13H,(H,35,36)(H,37,38). The van der Waals surface area contributed by atoms with Gasteiger partial charge in [-0.25, -0.2) is 9.37 Å². The SMILES string of the molecule is O=C(NNc1cccc(F)n1)c1ccc(C(F)=CC(c2cc(Cl)c(Cl)c(Cl)c2)C(F)(F)F)cc1C(F)(F)F. The lowest BCUT2D eigenvalue weighted by molar-refractivity contribution is -0.140. The Kier molecular flexibility index (Phi) is 8.79. The molecule has 2 aromatic carbocycles. The van der Waals surface area contributed by atoms with Crippen molar-refractivity contribution in [1.29, 1.82) is 0 Å². The summed E-state index contributed by atoms with van der Waals surface area (Å²) in [5, 5.41) is -0.947. The van der Waals surface area contributed by atoms with Crippen LogP contribution in [-0.2, 0) is 6.18 Å². The number of hydrogen-bond donors (Lipinski definition) is 2. The van der Waals surface area contributed by atoms with Crippen molar-refractivity contribution in [3.05, 3.63) is 97.9 Å². The number of rotatable bonds is 6. The number of aromatic nitrogens is 1. The number of carbonyl (C=O) groups excluding carboxylic acids is 1. The molecule has 1 heterocycles. The Morgan fingerprint density at radius 3 is 2.13 bits per heavy atom. The Bertz CT molecular complexity index is 1370. The molecule has 2 N–H and O–H groups in total. The predicted octanol–water partition coefficient (Wildman–Crippen LogP) is 8.61. The van der Waals surface area contributed by atoms with Gasteiger partial charge >= 0.3 is 12.4 Å². The van der Waals surface area contributed by atoms with Gasteiger partial charge in [-0.3, -0.25) is 15.6 Å². The van der Waals surface area contributed by atoms with Gasteiger partial charge in [-0.2, -0.15) is 30.7 Å². The quantitative estimate of drug-likeness (QED) is 0.128. The van der Waals surface area contributed by atoms with Crippen LogP contribution in [0.1, 0.15) is 33.0 Å². The van der Waals surface area contributed by atoms with Crippen molar-refractivity contribution in [3.8, 4) is 0 Å². The number of pyridine rings is 1. The molecule has 0 aliphatic heterocycles. The maximum Gasteiger partial charge on any atom is 0.417 e. The van der Waals surface area contributed by atoms with Gasteiger partial charge in [0.1, 0.15) is 17.6 Å². The Morgan fingerprint density at radius 2 is 1.58 bits per heavy atom. The third-order valence-corrected chi connectivity index (χ3v) is 6.09. The van der Waals surface area contributed by atoms with Crippen molar-refractivity contribution < 1.29 is 39.9 Å². The van der Waals surface area contributed by atoms with Gasteiger partial charge in [0, 0.05) is 5.56 Å². The molecule has 0 spiro atoms. The summed E-state index contributed by atoms with van der Waals surface area (Å²) in [6, 6.07) is 6.42. The van der Waals surface area contributed by atoms with E-state index in [9.17, 15) is 39.9 Å². The zero-order chi connectivity index (χ0) is 28.4. The van der Waals surface area contributed by atoms with Gasteiger partial charge in [0.2, 0.25) is 5.95 Å². The molecular weight excluding hydrogens is 593 g/mol. The number of allylic oxidation sites excluding steroid dienone is 1. The molecule has 0 radical (unpaired) electrons. The first-order valence-corrected chi connectivity index (χ1v) is 11.2. The number of hydrogen-bond acceptors (Lipinski definition) is 3. The molecule has 3 aromatic rings. The molecular formula is C23H12Cl3F8N3O. The maximum atomic E-state index is 14.9. The molecule has 0 bridgehead atoms. The monoisotopic (exact) mass is 603 g/mol. The van der Waals surface area contributed by atoms with Crippen molar-refractivity contribution in [3.63, 3.8) is 0 Å². The lowest BCUT2D eigenvalue weighted by Gasteiger charge is -2.19. The topological polar surface area (TPSA) is 54.0 Å². The van der Waals surface area contributed by atoms with E-state index >= 15 is 0 Å². The second kappa shape index (κ2) is 11.3. The summed E-state index contributed by atoms with van der Waals surface area (Å²) in [6.45, 7) is 0. The van der Waals surface area contributed by atoms with Gasteiger partial charge < -0.3 is 0 Å². The summed E-state index contributed by atoms with van der Waals surface area (Å²) in [4.78, 5) is 15.7. The minimum Gasteiger partial charge on any atom is -0.282 e. The molecule has 0 saturated carbocycles. The van der Waals surface area contributed by atoms with E-state index < -0.39 is 58.2 Å². The van der Waals surface area contributed by atoms with E-state index in [1.165, 1.54) is 12.1 Å². The zero-order valence-electron chi connectivity index (χ0n) is 18.3. The number of carbonyl (C=O) groups is 1. The van der Waals surface area contributed by atoms with Crippen LogP contribution in [0.15, 0.2) is 54.6 Å². The van der Waals surface area contributed by atoms with E-state index in [-0.39, 0.29) is 33.0 Å². The molecule has 15 heteroatoms. The summed E-state index contributed by atoms with van der Waals surface area (Å²) < 4.78 is 110. The number of amides is 1. The minimum atomic E-state index is -5.21. The highest BCUT2D eigenvalue weighted by Crippen LogP contribution is 2.42. The van der Waals surface area contributed by atoms with Crippen molar-refractivity contribution in [2.45, 2.75) is 18.3 Å². The number of nitrogens with one attached hydrogen (secondary N) is 2. The number of nitrogens with zero attached hydrogens (tertiary/aromatic N) is 1. The first-order chi connectivity index (χ1) is 17.6. The fourth-order valence-electron chi connectivity index (χ4n) is 3.17. The molecule has 4 nitrogen and oxygen atoms in total.